The lowest BCUT2D eigenvalue weighted by atomic mass is 9.80. The molecule has 2 amide bonds. The van der Waals surface area contributed by atoms with Gasteiger partial charge >= 0.3 is 0 Å². The third-order valence-corrected chi connectivity index (χ3v) is 7.30. The highest BCUT2D eigenvalue weighted by atomic mass is 16.5. The molecule has 1 aliphatic carbocycles. The Balaban J connectivity index is 1.34. The molecule has 150 valence electrons. The first kappa shape index (κ1) is 17.9. The van der Waals surface area contributed by atoms with Crippen molar-refractivity contribution >= 4 is 17.5 Å². The molecule has 3 unspecified atom stereocenters. The van der Waals surface area contributed by atoms with Crippen LogP contribution in [0.25, 0.3) is 0 Å². The first-order valence-corrected chi connectivity index (χ1v) is 10.3. The van der Waals surface area contributed by atoms with E-state index < -0.39 is 17.9 Å². The van der Waals surface area contributed by atoms with Crippen LogP contribution in [0.4, 0.5) is 5.69 Å². The average molecular weight is 384 g/mol. The quantitative estimate of drug-likeness (QED) is 0.585. The van der Waals surface area contributed by atoms with Gasteiger partial charge in [0.25, 0.3) is 0 Å². The highest BCUT2D eigenvalue weighted by Gasteiger charge is 2.55. The van der Waals surface area contributed by atoms with E-state index in [2.05, 4.69) is 34.1 Å². The number of benzene rings is 1. The molecular weight excluding hydrogens is 356 g/mol. The van der Waals surface area contributed by atoms with Crippen molar-refractivity contribution in [1.82, 2.24) is 15.3 Å². The number of likely N-dealkylation sites (N-methyl/N-ethyl adjacent to an activating group) is 1. The number of fused-ring (bicyclic) bond motifs is 3. The maximum absolute atomic E-state index is 13.5. The van der Waals surface area contributed by atoms with Crippen molar-refractivity contribution in [2.24, 2.45) is 11.3 Å². The van der Waals surface area contributed by atoms with Gasteiger partial charge in [0.15, 0.2) is 0 Å². The summed E-state index contributed by atoms with van der Waals surface area (Å²) in [5, 5.41) is 9.25. The third-order valence-electron chi connectivity index (χ3n) is 7.30. The molecule has 0 aromatic heterocycles. The first-order chi connectivity index (χ1) is 13.5. The zero-order valence-corrected chi connectivity index (χ0v) is 16.3. The van der Waals surface area contributed by atoms with Crippen molar-refractivity contribution in [2.75, 3.05) is 38.1 Å². The molecule has 5 rings (SSSR count). The molecule has 7 heteroatoms. The van der Waals surface area contributed by atoms with Crippen molar-refractivity contribution in [3.63, 3.8) is 0 Å². The normalized spacial score (nSPS) is 30.7. The Morgan fingerprint density at radius 3 is 2.75 bits per heavy atom. The van der Waals surface area contributed by atoms with Gasteiger partial charge in [-0.2, -0.15) is 0 Å². The number of rotatable bonds is 2. The van der Waals surface area contributed by atoms with Gasteiger partial charge in [0.05, 0.1) is 12.0 Å². The molecule has 3 aliphatic heterocycles. The fraction of sp³-hybridized carbons (Fsp3) is 0.619. The van der Waals surface area contributed by atoms with E-state index in [1.807, 2.05) is 17.4 Å². The largest absolute Gasteiger partial charge is 0.364 e. The lowest BCUT2D eigenvalue weighted by Crippen LogP contribution is -2.62. The summed E-state index contributed by atoms with van der Waals surface area (Å²) in [7, 11) is 1.95. The van der Waals surface area contributed by atoms with Crippen LogP contribution in [0.1, 0.15) is 24.8 Å². The van der Waals surface area contributed by atoms with Crippen molar-refractivity contribution in [2.45, 2.75) is 37.8 Å². The fourth-order valence-corrected chi connectivity index (χ4v) is 5.75. The number of piperidine rings is 1. The lowest BCUT2D eigenvalue weighted by molar-refractivity contribution is -0.151. The van der Waals surface area contributed by atoms with Gasteiger partial charge in [0.2, 0.25) is 11.8 Å². The molecular formula is C21H28N4O3. The number of piperazine rings is 1. The Morgan fingerprint density at radius 1 is 1.21 bits per heavy atom. The number of hydroxylamine groups is 1. The van der Waals surface area contributed by atoms with Gasteiger partial charge in [0.1, 0.15) is 6.04 Å². The Bertz CT molecular complexity index is 809. The maximum Gasteiger partial charge on any atom is 0.248 e. The van der Waals surface area contributed by atoms with Crippen LogP contribution in [0.15, 0.2) is 24.3 Å². The molecule has 2 N–H and O–H groups in total. The second kappa shape index (κ2) is 6.46. The van der Waals surface area contributed by atoms with Crippen LogP contribution < -0.4 is 10.4 Å². The number of carbonyl (C=O) groups excluding carboxylic acids is 2. The zero-order valence-electron chi connectivity index (χ0n) is 16.3. The van der Waals surface area contributed by atoms with Gasteiger partial charge in [-0.25, -0.2) is 5.48 Å². The van der Waals surface area contributed by atoms with Crippen molar-refractivity contribution in [1.29, 1.82) is 0 Å². The Labute approximate surface area is 165 Å². The number of nitrogens with one attached hydrogen (secondary N) is 1. The Hall–Kier alpha value is -2.12. The van der Waals surface area contributed by atoms with E-state index in [0.717, 1.165) is 32.4 Å². The number of likely N-dealkylation sites (tertiary alicyclic amines) is 1. The van der Waals surface area contributed by atoms with E-state index in [1.54, 1.807) is 0 Å². The smallest absolute Gasteiger partial charge is 0.248 e. The van der Waals surface area contributed by atoms with E-state index >= 15 is 0 Å². The topological polar surface area (TPSA) is 76.1 Å². The molecule has 2 saturated heterocycles. The van der Waals surface area contributed by atoms with Crippen LogP contribution in [0.2, 0.25) is 0 Å². The van der Waals surface area contributed by atoms with Crippen LogP contribution in [0.5, 0.6) is 0 Å². The predicted octanol–water partition coefficient (Wildman–Crippen LogP) is 0.866. The molecule has 1 saturated carbocycles. The van der Waals surface area contributed by atoms with Gasteiger partial charge < -0.3 is 9.80 Å². The number of amides is 2. The summed E-state index contributed by atoms with van der Waals surface area (Å²) >= 11 is 0. The van der Waals surface area contributed by atoms with E-state index in [0.29, 0.717) is 25.6 Å². The minimum absolute atomic E-state index is 0.0298. The molecule has 0 bridgehead atoms. The Morgan fingerprint density at radius 2 is 2.00 bits per heavy atom. The highest BCUT2D eigenvalue weighted by molar-refractivity contribution is 5.90. The summed E-state index contributed by atoms with van der Waals surface area (Å²) in [6.45, 7) is 3.04. The van der Waals surface area contributed by atoms with Crippen molar-refractivity contribution in [3.05, 3.63) is 29.8 Å². The zero-order chi connectivity index (χ0) is 19.5. The van der Waals surface area contributed by atoms with Crippen LogP contribution >= 0.6 is 0 Å². The first-order valence-electron chi connectivity index (χ1n) is 10.3. The second-order valence-corrected chi connectivity index (χ2v) is 9.11. The van der Waals surface area contributed by atoms with Gasteiger partial charge in [-0.05, 0) is 49.8 Å². The minimum atomic E-state index is -0.492. The number of nitrogens with zero attached hydrogens (tertiary/aromatic N) is 3. The van der Waals surface area contributed by atoms with Gasteiger partial charge in [-0.1, -0.05) is 18.2 Å². The molecule has 3 atom stereocenters. The summed E-state index contributed by atoms with van der Waals surface area (Å²) in [4.78, 5) is 32.3. The molecule has 1 aromatic carbocycles. The van der Waals surface area contributed by atoms with Crippen molar-refractivity contribution < 1.29 is 14.8 Å². The number of para-hydroxylation sites is 1. The van der Waals surface area contributed by atoms with Crippen LogP contribution in [0, 0.1) is 11.3 Å². The maximum atomic E-state index is 13.5. The number of hydrogen-bond donors (Lipinski definition) is 2. The van der Waals surface area contributed by atoms with E-state index in [-0.39, 0.29) is 11.3 Å². The van der Waals surface area contributed by atoms with E-state index in [4.69, 9.17) is 0 Å². The molecule has 7 nitrogen and oxygen atoms in total. The van der Waals surface area contributed by atoms with Crippen LogP contribution in [-0.2, 0) is 16.0 Å². The van der Waals surface area contributed by atoms with Crippen LogP contribution in [-0.4, -0.2) is 72.1 Å². The van der Waals surface area contributed by atoms with Gasteiger partial charge in [-0.15, -0.1) is 0 Å². The predicted molar refractivity (Wildman–Crippen MR) is 104 cm³/mol. The van der Waals surface area contributed by atoms with Gasteiger partial charge in [-0.3, -0.25) is 19.7 Å². The summed E-state index contributed by atoms with van der Waals surface area (Å²) in [6.07, 6.45) is 3.86. The number of carbonyl (C=O) groups is 2. The molecule has 0 radical (unpaired) electrons. The lowest BCUT2D eigenvalue weighted by Gasteiger charge is -2.46. The molecule has 1 aromatic rings. The fourth-order valence-electron chi connectivity index (χ4n) is 5.75. The summed E-state index contributed by atoms with van der Waals surface area (Å²) in [5.74, 6) is -0.886. The van der Waals surface area contributed by atoms with E-state index in [9.17, 15) is 14.8 Å². The third kappa shape index (κ3) is 2.79. The van der Waals surface area contributed by atoms with Crippen LogP contribution in [0.3, 0.4) is 0 Å². The number of hydrogen-bond acceptors (Lipinski definition) is 5. The molecule has 1 spiro atoms. The monoisotopic (exact) mass is 384 g/mol. The second-order valence-electron chi connectivity index (χ2n) is 9.11. The van der Waals surface area contributed by atoms with E-state index in [1.165, 1.54) is 11.3 Å². The summed E-state index contributed by atoms with van der Waals surface area (Å²) < 4.78 is 0. The molecule has 28 heavy (non-hydrogen) atoms. The standard InChI is InChI=1S/C21H28N4O3/c1-23-13-21(6-7-21)11-16(19(26)22-28)18(23)20(27)24-8-9-25-15(12-24)10-14-4-2-3-5-17(14)25/h2-5,15-16,18,28H,6-13H2,1H3,(H,22,26). The summed E-state index contributed by atoms with van der Waals surface area (Å²) in [6, 6.07) is 8.30. The summed E-state index contributed by atoms with van der Waals surface area (Å²) in [5.41, 5.74) is 4.62. The highest BCUT2D eigenvalue weighted by Crippen LogP contribution is 2.54. The van der Waals surface area contributed by atoms with Crippen molar-refractivity contribution in [3.8, 4) is 0 Å². The SMILES string of the molecule is CN1CC2(CC2)CC(C(=O)NO)C1C(=O)N1CCN2c3ccccc3CC2C1. The van der Waals surface area contributed by atoms with Gasteiger partial charge in [0, 0.05) is 31.9 Å². The Kier molecular flexibility index (Phi) is 4.14. The average Bonchev–Trinajstić information content (AvgIpc) is 3.33. The molecule has 3 fully saturated rings. The molecule has 4 aliphatic rings. The minimum Gasteiger partial charge on any atom is -0.364 e. The molecule has 3 heterocycles. The number of anilines is 1.